The Morgan fingerprint density at radius 3 is 2.53 bits per heavy atom. The van der Waals surface area contributed by atoms with Crippen LogP contribution < -0.4 is 0 Å². The van der Waals surface area contributed by atoms with Crippen LogP contribution in [-0.2, 0) is 4.74 Å². The van der Waals surface area contributed by atoms with Gasteiger partial charge in [0, 0.05) is 31.7 Å². The first-order chi connectivity index (χ1) is 8.90. The summed E-state index contributed by atoms with van der Waals surface area (Å²) in [4.78, 5) is 16.5. The molecular formula is C14H26N2O3. The summed E-state index contributed by atoms with van der Waals surface area (Å²) in [5.41, 5.74) is -0.437. The largest absolute Gasteiger partial charge is 0.444 e. The Labute approximate surface area is 115 Å². The molecule has 2 aliphatic rings. The predicted octanol–water partition coefficient (Wildman–Crippen LogP) is 1.45. The summed E-state index contributed by atoms with van der Waals surface area (Å²) in [6.07, 6.45) is 2.99. The Kier molecular flexibility index (Phi) is 4.36. The SMILES string of the molecule is CC(C)(C)OC(=O)N(C1CC1)[C@@H]1CCN(CCO)C1. The second-order valence-electron chi connectivity index (χ2n) is 6.59. The fourth-order valence-corrected chi connectivity index (χ4v) is 2.65. The third-order valence-corrected chi connectivity index (χ3v) is 3.60. The second-order valence-corrected chi connectivity index (χ2v) is 6.59. The van der Waals surface area contributed by atoms with Gasteiger partial charge in [0.2, 0.25) is 0 Å². The first-order valence-electron chi connectivity index (χ1n) is 7.25. The molecule has 1 saturated heterocycles. The number of amides is 1. The zero-order chi connectivity index (χ0) is 14.0. The molecular weight excluding hydrogens is 244 g/mol. The van der Waals surface area contributed by atoms with Gasteiger partial charge in [-0.25, -0.2) is 4.79 Å². The standard InChI is InChI=1S/C14H26N2O3/c1-14(2,3)19-13(18)16(11-4-5-11)12-6-7-15(10-12)8-9-17/h11-12,17H,4-10H2,1-3H3/t12-/m1/s1. The minimum Gasteiger partial charge on any atom is -0.444 e. The van der Waals surface area contributed by atoms with E-state index >= 15 is 0 Å². The first kappa shape index (κ1) is 14.6. The van der Waals surface area contributed by atoms with E-state index in [2.05, 4.69) is 4.90 Å². The first-order valence-corrected chi connectivity index (χ1v) is 7.25. The molecule has 0 aromatic rings. The molecule has 110 valence electrons. The highest BCUT2D eigenvalue weighted by Crippen LogP contribution is 2.32. The van der Waals surface area contributed by atoms with Crippen molar-refractivity contribution >= 4 is 6.09 Å². The third kappa shape index (κ3) is 4.08. The molecule has 1 heterocycles. The van der Waals surface area contributed by atoms with Crippen molar-refractivity contribution < 1.29 is 14.6 Å². The molecule has 19 heavy (non-hydrogen) atoms. The Balaban J connectivity index is 1.95. The van der Waals surface area contributed by atoms with Crippen LogP contribution in [-0.4, -0.2) is 64.9 Å². The van der Waals surface area contributed by atoms with Crippen LogP contribution in [0.3, 0.4) is 0 Å². The third-order valence-electron chi connectivity index (χ3n) is 3.60. The number of carbonyl (C=O) groups excluding carboxylic acids is 1. The van der Waals surface area contributed by atoms with Crippen molar-refractivity contribution in [2.45, 2.75) is 57.7 Å². The lowest BCUT2D eigenvalue weighted by Gasteiger charge is -2.31. The average Bonchev–Trinajstić information content (AvgIpc) is 2.98. The molecule has 1 atom stereocenters. The molecule has 5 nitrogen and oxygen atoms in total. The summed E-state index contributed by atoms with van der Waals surface area (Å²) in [5.74, 6) is 0. The van der Waals surface area contributed by atoms with Gasteiger partial charge in [-0.3, -0.25) is 4.90 Å². The van der Waals surface area contributed by atoms with Gasteiger partial charge in [0.1, 0.15) is 5.60 Å². The lowest BCUT2D eigenvalue weighted by atomic mass is 10.2. The van der Waals surface area contributed by atoms with Crippen LogP contribution in [0.25, 0.3) is 0 Å². The van der Waals surface area contributed by atoms with Crippen molar-refractivity contribution in [3.05, 3.63) is 0 Å². The maximum Gasteiger partial charge on any atom is 0.410 e. The van der Waals surface area contributed by atoms with E-state index in [1.165, 1.54) is 0 Å². The zero-order valence-electron chi connectivity index (χ0n) is 12.3. The fourth-order valence-electron chi connectivity index (χ4n) is 2.65. The number of β-amino-alcohol motifs (C(OH)–C–C–N with tert-alkyl or cyclic N) is 1. The molecule has 0 spiro atoms. The molecule has 2 fully saturated rings. The number of hydrogen-bond acceptors (Lipinski definition) is 4. The summed E-state index contributed by atoms with van der Waals surface area (Å²) >= 11 is 0. The van der Waals surface area contributed by atoms with Crippen molar-refractivity contribution in [1.82, 2.24) is 9.80 Å². The molecule has 1 aliphatic carbocycles. The summed E-state index contributed by atoms with van der Waals surface area (Å²) in [6, 6.07) is 0.614. The van der Waals surface area contributed by atoms with Crippen molar-refractivity contribution in [3.8, 4) is 0 Å². The van der Waals surface area contributed by atoms with Gasteiger partial charge in [0.15, 0.2) is 0 Å². The van der Waals surface area contributed by atoms with Gasteiger partial charge in [0.25, 0.3) is 0 Å². The monoisotopic (exact) mass is 270 g/mol. The van der Waals surface area contributed by atoms with E-state index in [0.717, 1.165) is 32.4 Å². The van der Waals surface area contributed by atoms with Gasteiger partial charge in [-0.2, -0.15) is 0 Å². The molecule has 1 saturated carbocycles. The molecule has 0 unspecified atom stereocenters. The normalized spacial score (nSPS) is 24.5. The van der Waals surface area contributed by atoms with Gasteiger partial charge in [-0.05, 0) is 40.0 Å². The van der Waals surface area contributed by atoms with Crippen LogP contribution >= 0.6 is 0 Å². The van der Waals surface area contributed by atoms with Crippen LogP contribution in [0, 0.1) is 0 Å². The van der Waals surface area contributed by atoms with E-state index in [9.17, 15) is 4.79 Å². The van der Waals surface area contributed by atoms with Gasteiger partial charge >= 0.3 is 6.09 Å². The van der Waals surface area contributed by atoms with E-state index in [1.54, 1.807) is 0 Å². The minimum atomic E-state index is -0.437. The van der Waals surface area contributed by atoms with Gasteiger partial charge in [0.05, 0.1) is 6.61 Å². The summed E-state index contributed by atoms with van der Waals surface area (Å²) in [5, 5.41) is 8.99. The van der Waals surface area contributed by atoms with E-state index in [4.69, 9.17) is 9.84 Å². The van der Waals surface area contributed by atoms with Crippen LogP contribution in [0.2, 0.25) is 0 Å². The highest BCUT2D eigenvalue weighted by Gasteiger charge is 2.41. The summed E-state index contributed by atoms with van der Waals surface area (Å²) in [6.45, 7) is 8.41. The van der Waals surface area contributed by atoms with Crippen LogP contribution in [0.5, 0.6) is 0 Å². The van der Waals surface area contributed by atoms with Crippen LogP contribution in [0.4, 0.5) is 4.79 Å². The van der Waals surface area contributed by atoms with E-state index in [1.807, 2.05) is 25.7 Å². The number of carbonyl (C=O) groups is 1. The molecule has 2 rings (SSSR count). The Morgan fingerprint density at radius 1 is 1.32 bits per heavy atom. The highest BCUT2D eigenvalue weighted by atomic mass is 16.6. The molecule has 1 amide bonds. The van der Waals surface area contributed by atoms with Gasteiger partial charge < -0.3 is 14.7 Å². The highest BCUT2D eigenvalue weighted by molar-refractivity contribution is 5.69. The molecule has 0 radical (unpaired) electrons. The Hall–Kier alpha value is -0.810. The number of hydrogen-bond donors (Lipinski definition) is 1. The number of ether oxygens (including phenoxy) is 1. The number of nitrogens with zero attached hydrogens (tertiary/aromatic N) is 2. The summed E-state index contributed by atoms with van der Waals surface area (Å²) in [7, 11) is 0. The van der Waals surface area contributed by atoms with Gasteiger partial charge in [-0.15, -0.1) is 0 Å². The number of aliphatic hydroxyl groups excluding tert-OH is 1. The average molecular weight is 270 g/mol. The number of likely N-dealkylation sites (tertiary alicyclic amines) is 1. The van der Waals surface area contributed by atoms with Crippen molar-refractivity contribution in [3.63, 3.8) is 0 Å². The lowest BCUT2D eigenvalue weighted by Crippen LogP contribution is -2.46. The zero-order valence-corrected chi connectivity index (χ0v) is 12.3. The van der Waals surface area contributed by atoms with E-state index in [-0.39, 0.29) is 18.7 Å². The molecule has 1 N–H and O–H groups in total. The predicted molar refractivity (Wildman–Crippen MR) is 73.0 cm³/mol. The van der Waals surface area contributed by atoms with Crippen molar-refractivity contribution in [2.24, 2.45) is 0 Å². The maximum absolute atomic E-state index is 12.3. The fraction of sp³-hybridized carbons (Fsp3) is 0.929. The topological polar surface area (TPSA) is 53.0 Å². The van der Waals surface area contributed by atoms with Gasteiger partial charge in [-0.1, -0.05) is 0 Å². The molecule has 0 aromatic heterocycles. The minimum absolute atomic E-state index is 0.175. The number of rotatable bonds is 4. The van der Waals surface area contributed by atoms with Crippen molar-refractivity contribution in [2.75, 3.05) is 26.2 Å². The van der Waals surface area contributed by atoms with Crippen molar-refractivity contribution in [1.29, 1.82) is 0 Å². The quantitative estimate of drug-likeness (QED) is 0.840. The Morgan fingerprint density at radius 2 is 2.00 bits per heavy atom. The molecule has 1 aliphatic heterocycles. The summed E-state index contributed by atoms with van der Waals surface area (Å²) < 4.78 is 5.53. The maximum atomic E-state index is 12.3. The number of aliphatic hydroxyl groups is 1. The van der Waals surface area contributed by atoms with E-state index in [0.29, 0.717) is 12.6 Å². The molecule has 5 heteroatoms. The smallest absolute Gasteiger partial charge is 0.410 e. The van der Waals surface area contributed by atoms with Crippen LogP contribution in [0.15, 0.2) is 0 Å². The van der Waals surface area contributed by atoms with E-state index < -0.39 is 5.60 Å². The lowest BCUT2D eigenvalue weighted by molar-refractivity contribution is 0.0146. The molecule has 0 bridgehead atoms. The molecule has 0 aromatic carbocycles. The Bertz CT molecular complexity index is 323. The second kappa shape index (κ2) is 5.67. The van der Waals surface area contributed by atoms with Crippen LogP contribution in [0.1, 0.15) is 40.0 Å².